The van der Waals surface area contributed by atoms with Crippen molar-refractivity contribution in [3.63, 3.8) is 0 Å². The molecule has 0 fully saturated rings. The van der Waals surface area contributed by atoms with Crippen LogP contribution in [-0.4, -0.2) is 22.6 Å². The van der Waals surface area contributed by atoms with Crippen LogP contribution in [0.15, 0.2) is 6.07 Å². The van der Waals surface area contributed by atoms with Crippen LogP contribution in [-0.2, 0) is 0 Å². The maximum absolute atomic E-state index is 11.3. The second kappa shape index (κ2) is 8.65. The first-order valence-electron chi connectivity index (χ1n) is 7.87. The Bertz CT molecular complexity index is 470. The number of nitrogens with one attached hydrogen (secondary N) is 1. The van der Waals surface area contributed by atoms with Crippen LogP contribution in [0.4, 0.5) is 5.82 Å². The number of rotatable bonds is 9. The van der Waals surface area contributed by atoms with Gasteiger partial charge < -0.3 is 10.4 Å². The molecule has 1 rings (SSSR count). The number of carboxylic acids is 1. The van der Waals surface area contributed by atoms with Crippen molar-refractivity contribution < 1.29 is 9.90 Å². The van der Waals surface area contributed by atoms with Crippen molar-refractivity contribution in [2.45, 2.75) is 59.8 Å². The van der Waals surface area contributed by atoms with Crippen LogP contribution in [0.1, 0.15) is 67.6 Å². The van der Waals surface area contributed by atoms with Gasteiger partial charge in [0.15, 0.2) is 0 Å². The first kappa shape index (κ1) is 17.5. The van der Waals surface area contributed by atoms with Gasteiger partial charge in [-0.1, -0.05) is 39.5 Å². The van der Waals surface area contributed by atoms with E-state index in [1.165, 1.54) is 25.7 Å². The van der Waals surface area contributed by atoms with E-state index in [4.69, 9.17) is 0 Å². The molecule has 1 aromatic heterocycles. The van der Waals surface area contributed by atoms with Crippen molar-refractivity contribution >= 4 is 11.8 Å². The average Bonchev–Trinajstić information content (AvgIpc) is 2.35. The van der Waals surface area contributed by atoms with Gasteiger partial charge in [0.25, 0.3) is 0 Å². The molecule has 0 aromatic carbocycles. The van der Waals surface area contributed by atoms with E-state index >= 15 is 0 Å². The lowest BCUT2D eigenvalue weighted by atomic mass is 10.0. The minimum atomic E-state index is -0.917. The van der Waals surface area contributed by atoms with Gasteiger partial charge in [0.05, 0.1) is 0 Å². The summed E-state index contributed by atoms with van der Waals surface area (Å²) in [5.41, 5.74) is 1.90. The maximum Gasteiger partial charge on any atom is 0.339 e. The smallest absolute Gasteiger partial charge is 0.339 e. The van der Waals surface area contributed by atoms with Crippen LogP contribution in [0.2, 0.25) is 0 Å². The number of unbranched alkanes of at least 4 members (excludes halogenated alkanes) is 3. The number of aryl methyl sites for hydroxylation is 2. The lowest BCUT2D eigenvalue weighted by molar-refractivity contribution is 0.0697. The molecule has 0 saturated heterocycles. The lowest BCUT2D eigenvalue weighted by Crippen LogP contribution is -2.12. The normalized spacial score (nSPS) is 10.9. The van der Waals surface area contributed by atoms with Gasteiger partial charge in [-0.25, -0.2) is 9.78 Å². The molecule has 0 unspecified atom stereocenters. The molecule has 1 aromatic rings. The summed E-state index contributed by atoms with van der Waals surface area (Å²) in [7, 11) is 0. The summed E-state index contributed by atoms with van der Waals surface area (Å²) in [6, 6.07) is 1.81. The van der Waals surface area contributed by atoms with E-state index in [-0.39, 0.29) is 0 Å². The molecule has 0 amide bonds. The van der Waals surface area contributed by atoms with E-state index in [0.29, 0.717) is 11.4 Å². The minimum Gasteiger partial charge on any atom is -0.478 e. The number of hydrogen-bond donors (Lipinski definition) is 2. The van der Waals surface area contributed by atoms with Crippen LogP contribution in [0.25, 0.3) is 0 Å². The van der Waals surface area contributed by atoms with E-state index < -0.39 is 5.97 Å². The molecule has 0 radical (unpaired) electrons. The third-order valence-corrected chi connectivity index (χ3v) is 3.56. The summed E-state index contributed by atoms with van der Waals surface area (Å²) < 4.78 is 0. The fourth-order valence-electron chi connectivity index (χ4n) is 2.47. The van der Waals surface area contributed by atoms with Gasteiger partial charge in [0, 0.05) is 12.2 Å². The third kappa shape index (κ3) is 6.15. The minimum absolute atomic E-state index is 0.292. The molecule has 0 saturated carbocycles. The predicted octanol–water partition coefficient (Wildman–Crippen LogP) is 4.42. The second-order valence-corrected chi connectivity index (χ2v) is 6.13. The Morgan fingerprint density at radius 2 is 1.90 bits per heavy atom. The highest BCUT2D eigenvalue weighted by Crippen LogP contribution is 2.19. The van der Waals surface area contributed by atoms with E-state index in [9.17, 15) is 9.90 Å². The second-order valence-electron chi connectivity index (χ2n) is 6.13. The van der Waals surface area contributed by atoms with Crippen LogP contribution in [0.5, 0.6) is 0 Å². The summed E-state index contributed by atoms with van der Waals surface area (Å²) in [5.74, 6) is 0.363. The molecule has 0 aliphatic heterocycles. The van der Waals surface area contributed by atoms with Gasteiger partial charge in [-0.15, -0.1) is 0 Å². The molecule has 0 aliphatic carbocycles. The largest absolute Gasteiger partial charge is 0.478 e. The molecule has 0 spiro atoms. The van der Waals surface area contributed by atoms with Crippen molar-refractivity contribution in [2.75, 3.05) is 11.9 Å². The van der Waals surface area contributed by atoms with Crippen LogP contribution in [0, 0.1) is 19.8 Å². The van der Waals surface area contributed by atoms with Crippen LogP contribution < -0.4 is 5.32 Å². The number of hydrogen-bond acceptors (Lipinski definition) is 3. The third-order valence-electron chi connectivity index (χ3n) is 3.56. The number of nitrogens with zero attached hydrogens (tertiary/aromatic N) is 1. The fraction of sp³-hybridized carbons (Fsp3) is 0.647. The zero-order chi connectivity index (χ0) is 15.8. The van der Waals surface area contributed by atoms with Crippen molar-refractivity contribution in [3.05, 3.63) is 22.9 Å². The first-order chi connectivity index (χ1) is 9.91. The molecule has 118 valence electrons. The van der Waals surface area contributed by atoms with Crippen LogP contribution >= 0.6 is 0 Å². The van der Waals surface area contributed by atoms with Crippen molar-refractivity contribution in [1.82, 2.24) is 4.98 Å². The number of pyridine rings is 1. The zero-order valence-corrected chi connectivity index (χ0v) is 13.7. The summed E-state index contributed by atoms with van der Waals surface area (Å²) in [4.78, 5) is 15.6. The quantitative estimate of drug-likeness (QED) is 0.662. The number of carbonyl (C=O) groups is 1. The highest BCUT2D eigenvalue weighted by atomic mass is 16.4. The number of aromatic carboxylic acids is 1. The van der Waals surface area contributed by atoms with Gasteiger partial charge >= 0.3 is 5.97 Å². The molecule has 2 N–H and O–H groups in total. The average molecular weight is 292 g/mol. The Labute approximate surface area is 128 Å². The molecule has 1 heterocycles. The molecule has 4 nitrogen and oxygen atoms in total. The highest BCUT2D eigenvalue weighted by molar-refractivity contribution is 5.94. The van der Waals surface area contributed by atoms with Gasteiger partial charge in [-0.2, -0.15) is 0 Å². The molecule has 0 aliphatic rings. The Morgan fingerprint density at radius 1 is 1.24 bits per heavy atom. The molecule has 0 atom stereocenters. The Hall–Kier alpha value is -1.58. The molecule has 4 heteroatoms. The first-order valence-corrected chi connectivity index (χ1v) is 7.87. The monoisotopic (exact) mass is 292 g/mol. The fourth-order valence-corrected chi connectivity index (χ4v) is 2.47. The van der Waals surface area contributed by atoms with E-state index in [1.807, 2.05) is 13.8 Å². The van der Waals surface area contributed by atoms with Crippen molar-refractivity contribution in [2.24, 2.45) is 5.92 Å². The summed E-state index contributed by atoms with van der Waals surface area (Å²) in [6.07, 6.45) is 6.03. The molecular weight excluding hydrogens is 264 g/mol. The summed E-state index contributed by atoms with van der Waals surface area (Å²) in [5, 5.41) is 12.5. The van der Waals surface area contributed by atoms with E-state index in [0.717, 1.165) is 30.1 Å². The maximum atomic E-state index is 11.3. The SMILES string of the molecule is Cc1cc(C)c(C(=O)O)c(NCCCCCCC(C)C)n1. The Balaban J connectivity index is 2.43. The van der Waals surface area contributed by atoms with Crippen molar-refractivity contribution in [3.8, 4) is 0 Å². The standard InChI is InChI=1S/C17H28N2O2/c1-12(2)9-7-5-6-8-10-18-16-15(17(20)21)13(3)11-14(4)19-16/h11-12H,5-10H2,1-4H3,(H,18,19)(H,20,21). The molecule has 21 heavy (non-hydrogen) atoms. The highest BCUT2D eigenvalue weighted by Gasteiger charge is 2.15. The predicted molar refractivity (Wildman–Crippen MR) is 87.1 cm³/mol. The number of aromatic nitrogens is 1. The topological polar surface area (TPSA) is 62.2 Å². The molecular formula is C17H28N2O2. The Kier molecular flexibility index (Phi) is 7.20. The number of carboxylic acid groups (broad SMARTS) is 1. The van der Waals surface area contributed by atoms with Crippen molar-refractivity contribution in [1.29, 1.82) is 0 Å². The summed E-state index contributed by atoms with van der Waals surface area (Å²) in [6.45, 7) is 8.98. The van der Waals surface area contributed by atoms with Gasteiger partial charge in [-0.05, 0) is 37.8 Å². The Morgan fingerprint density at radius 3 is 2.52 bits per heavy atom. The molecule has 0 bridgehead atoms. The van der Waals surface area contributed by atoms with Gasteiger partial charge in [-0.3, -0.25) is 0 Å². The lowest BCUT2D eigenvalue weighted by Gasteiger charge is -2.12. The number of anilines is 1. The van der Waals surface area contributed by atoms with Gasteiger partial charge in [0.2, 0.25) is 0 Å². The zero-order valence-electron chi connectivity index (χ0n) is 13.7. The van der Waals surface area contributed by atoms with Gasteiger partial charge in [0.1, 0.15) is 11.4 Å². The van der Waals surface area contributed by atoms with E-state index in [1.54, 1.807) is 6.07 Å². The van der Waals surface area contributed by atoms with E-state index in [2.05, 4.69) is 24.1 Å². The van der Waals surface area contributed by atoms with Crippen LogP contribution in [0.3, 0.4) is 0 Å². The summed E-state index contributed by atoms with van der Waals surface area (Å²) >= 11 is 0.